The summed E-state index contributed by atoms with van der Waals surface area (Å²) in [4.78, 5) is 4.25. The van der Waals surface area contributed by atoms with Gasteiger partial charge >= 0.3 is 0 Å². The van der Waals surface area contributed by atoms with Crippen LogP contribution in [0.15, 0.2) is 42.6 Å². The van der Waals surface area contributed by atoms with Crippen molar-refractivity contribution < 1.29 is 4.74 Å². The summed E-state index contributed by atoms with van der Waals surface area (Å²) >= 11 is 0. The number of rotatable bonds is 5. The third-order valence-electron chi connectivity index (χ3n) is 3.54. The first-order valence-corrected chi connectivity index (χ1v) is 6.77. The quantitative estimate of drug-likeness (QED) is 0.889. The van der Waals surface area contributed by atoms with Gasteiger partial charge in [0, 0.05) is 18.5 Å². The van der Waals surface area contributed by atoms with Crippen LogP contribution in [0.4, 0.5) is 5.69 Å². The van der Waals surface area contributed by atoms with Crippen molar-refractivity contribution in [2.45, 2.75) is 19.3 Å². The number of nitrogens with one attached hydrogen (secondary N) is 1. The maximum absolute atomic E-state index is 5.33. The molecule has 1 aliphatic rings. The van der Waals surface area contributed by atoms with Crippen molar-refractivity contribution in [1.29, 1.82) is 0 Å². The minimum atomic E-state index is 0.628. The van der Waals surface area contributed by atoms with Crippen molar-refractivity contribution in [3.8, 4) is 5.88 Å². The Morgan fingerprint density at radius 2 is 2.16 bits per heavy atom. The summed E-state index contributed by atoms with van der Waals surface area (Å²) in [6.45, 7) is 3.58. The second kappa shape index (κ2) is 5.31. The zero-order valence-corrected chi connectivity index (χ0v) is 11.1. The number of benzene rings is 1. The van der Waals surface area contributed by atoms with Crippen LogP contribution >= 0.6 is 0 Å². The first kappa shape index (κ1) is 12.0. The molecule has 1 atom stereocenters. The fourth-order valence-corrected chi connectivity index (χ4v) is 2.50. The molecule has 19 heavy (non-hydrogen) atoms. The van der Waals surface area contributed by atoms with Gasteiger partial charge in [-0.3, -0.25) is 0 Å². The van der Waals surface area contributed by atoms with E-state index >= 15 is 0 Å². The van der Waals surface area contributed by atoms with Crippen molar-refractivity contribution >= 4 is 5.69 Å². The maximum Gasteiger partial charge on any atom is 0.213 e. The third kappa shape index (κ3) is 2.55. The van der Waals surface area contributed by atoms with Crippen LogP contribution in [0.5, 0.6) is 5.88 Å². The highest BCUT2D eigenvalue weighted by Crippen LogP contribution is 2.34. The maximum atomic E-state index is 5.33. The Labute approximate surface area is 113 Å². The first-order chi connectivity index (χ1) is 9.36. The molecular weight excluding hydrogens is 236 g/mol. The average molecular weight is 254 g/mol. The standard InChI is InChI=1S/C16H18N2O/c1-2-19-16-8-7-14(11-18-16)17-10-13-9-12-5-3-4-6-15(12)13/h3-8,11,13,17H,2,9-10H2,1H3. The fraction of sp³-hybridized carbons (Fsp3) is 0.312. The fourth-order valence-electron chi connectivity index (χ4n) is 2.50. The molecule has 1 unspecified atom stereocenters. The molecule has 0 saturated carbocycles. The summed E-state index contributed by atoms with van der Waals surface area (Å²) in [6.07, 6.45) is 3.00. The van der Waals surface area contributed by atoms with Gasteiger partial charge < -0.3 is 10.1 Å². The van der Waals surface area contributed by atoms with Gasteiger partial charge in [-0.2, -0.15) is 0 Å². The lowest BCUT2D eigenvalue weighted by Crippen LogP contribution is -2.24. The minimum absolute atomic E-state index is 0.628. The molecule has 0 amide bonds. The second-order valence-electron chi connectivity index (χ2n) is 4.80. The molecule has 3 nitrogen and oxygen atoms in total. The highest BCUT2D eigenvalue weighted by atomic mass is 16.5. The molecule has 0 aliphatic heterocycles. The van der Waals surface area contributed by atoms with E-state index in [1.54, 1.807) is 0 Å². The van der Waals surface area contributed by atoms with E-state index in [-0.39, 0.29) is 0 Å². The van der Waals surface area contributed by atoms with Crippen molar-refractivity contribution in [3.05, 3.63) is 53.7 Å². The lowest BCUT2D eigenvalue weighted by Gasteiger charge is -2.30. The number of anilines is 1. The van der Waals surface area contributed by atoms with E-state index in [4.69, 9.17) is 4.74 Å². The molecule has 3 rings (SSSR count). The summed E-state index contributed by atoms with van der Waals surface area (Å²) in [6, 6.07) is 12.6. The molecule has 0 bridgehead atoms. The molecule has 1 aliphatic carbocycles. The van der Waals surface area contributed by atoms with Gasteiger partial charge in [-0.15, -0.1) is 0 Å². The summed E-state index contributed by atoms with van der Waals surface area (Å²) in [5, 5.41) is 3.44. The summed E-state index contributed by atoms with van der Waals surface area (Å²) in [5.41, 5.74) is 4.01. The third-order valence-corrected chi connectivity index (χ3v) is 3.54. The highest BCUT2D eigenvalue weighted by molar-refractivity contribution is 5.45. The van der Waals surface area contributed by atoms with E-state index in [0.29, 0.717) is 18.4 Å². The molecule has 2 aromatic rings. The van der Waals surface area contributed by atoms with Crippen molar-refractivity contribution in [2.75, 3.05) is 18.5 Å². The molecular formula is C16H18N2O. The summed E-state index contributed by atoms with van der Waals surface area (Å²) in [5.74, 6) is 1.31. The zero-order chi connectivity index (χ0) is 13.1. The Balaban J connectivity index is 1.56. The molecule has 3 heteroatoms. The van der Waals surface area contributed by atoms with Crippen molar-refractivity contribution in [1.82, 2.24) is 4.98 Å². The predicted molar refractivity (Wildman–Crippen MR) is 76.8 cm³/mol. The minimum Gasteiger partial charge on any atom is -0.478 e. The van der Waals surface area contributed by atoms with Gasteiger partial charge in [0.05, 0.1) is 18.5 Å². The molecule has 0 radical (unpaired) electrons. The highest BCUT2D eigenvalue weighted by Gasteiger charge is 2.24. The Morgan fingerprint density at radius 3 is 2.89 bits per heavy atom. The van der Waals surface area contributed by atoms with Crippen LogP contribution in [-0.2, 0) is 6.42 Å². The van der Waals surface area contributed by atoms with E-state index in [2.05, 4.69) is 34.6 Å². The Hall–Kier alpha value is -2.03. The molecule has 0 saturated heterocycles. The lowest BCUT2D eigenvalue weighted by atomic mass is 9.77. The van der Waals surface area contributed by atoms with Crippen LogP contribution in [-0.4, -0.2) is 18.1 Å². The molecule has 1 aromatic carbocycles. The number of nitrogens with zero attached hydrogens (tertiary/aromatic N) is 1. The Bertz CT molecular complexity index is 551. The number of pyridine rings is 1. The number of aromatic nitrogens is 1. The number of fused-ring (bicyclic) bond motifs is 1. The lowest BCUT2D eigenvalue weighted by molar-refractivity contribution is 0.327. The first-order valence-electron chi connectivity index (χ1n) is 6.77. The normalized spacial score (nSPS) is 16.4. The summed E-state index contributed by atoms with van der Waals surface area (Å²) in [7, 11) is 0. The van der Waals surface area contributed by atoms with Crippen molar-refractivity contribution in [3.63, 3.8) is 0 Å². The smallest absolute Gasteiger partial charge is 0.213 e. The van der Waals surface area contributed by atoms with Crippen LogP contribution < -0.4 is 10.1 Å². The van der Waals surface area contributed by atoms with Crippen molar-refractivity contribution in [2.24, 2.45) is 0 Å². The van der Waals surface area contributed by atoms with E-state index in [1.165, 1.54) is 17.5 Å². The molecule has 1 heterocycles. The summed E-state index contributed by atoms with van der Waals surface area (Å²) < 4.78 is 5.33. The van der Waals surface area contributed by atoms with E-state index in [9.17, 15) is 0 Å². The topological polar surface area (TPSA) is 34.1 Å². The molecule has 0 fully saturated rings. The monoisotopic (exact) mass is 254 g/mol. The van der Waals surface area contributed by atoms with E-state index < -0.39 is 0 Å². The number of hydrogen-bond acceptors (Lipinski definition) is 3. The number of hydrogen-bond donors (Lipinski definition) is 1. The van der Waals surface area contributed by atoms with Gasteiger partial charge in [0.1, 0.15) is 0 Å². The van der Waals surface area contributed by atoms with Gasteiger partial charge in [-0.05, 0) is 30.5 Å². The van der Waals surface area contributed by atoms with Gasteiger partial charge in [0.15, 0.2) is 0 Å². The average Bonchev–Trinajstić information content (AvgIpc) is 2.42. The van der Waals surface area contributed by atoms with Crippen LogP contribution in [0, 0.1) is 0 Å². The Kier molecular flexibility index (Phi) is 3.36. The molecule has 0 spiro atoms. The number of ether oxygens (including phenoxy) is 1. The van der Waals surface area contributed by atoms with E-state index in [1.807, 2.05) is 25.3 Å². The van der Waals surface area contributed by atoms with Crippen LogP contribution in [0.3, 0.4) is 0 Å². The van der Waals surface area contributed by atoms with Gasteiger partial charge in [0.25, 0.3) is 0 Å². The molecule has 98 valence electrons. The SMILES string of the molecule is CCOc1ccc(NCC2Cc3ccccc32)cn1. The second-order valence-corrected chi connectivity index (χ2v) is 4.80. The Morgan fingerprint density at radius 1 is 1.26 bits per heavy atom. The predicted octanol–water partition coefficient (Wildman–Crippen LogP) is 3.23. The zero-order valence-electron chi connectivity index (χ0n) is 11.1. The van der Waals surface area contributed by atoms with Gasteiger partial charge in [-0.1, -0.05) is 24.3 Å². The largest absolute Gasteiger partial charge is 0.478 e. The van der Waals surface area contributed by atoms with E-state index in [0.717, 1.165) is 12.2 Å². The molecule has 1 aromatic heterocycles. The van der Waals surface area contributed by atoms with Gasteiger partial charge in [-0.25, -0.2) is 4.98 Å². The van der Waals surface area contributed by atoms with Crippen LogP contribution in [0.25, 0.3) is 0 Å². The van der Waals surface area contributed by atoms with Crippen LogP contribution in [0.1, 0.15) is 24.0 Å². The van der Waals surface area contributed by atoms with Gasteiger partial charge in [0.2, 0.25) is 5.88 Å². The molecule has 1 N–H and O–H groups in total. The van der Waals surface area contributed by atoms with Crippen LogP contribution in [0.2, 0.25) is 0 Å².